The number of carbonyl (C=O) groups excluding carboxylic acids is 2. The van der Waals surface area contributed by atoms with Gasteiger partial charge in [-0.2, -0.15) is 0 Å². The van der Waals surface area contributed by atoms with Crippen LogP contribution in [0.4, 0.5) is 4.79 Å². The molecule has 24 heavy (non-hydrogen) atoms. The fourth-order valence-corrected chi connectivity index (χ4v) is 2.58. The molecule has 2 aromatic carbocycles. The van der Waals surface area contributed by atoms with Gasteiger partial charge >= 0.3 is 12.1 Å². The maximum Gasteiger partial charge on any atom is 0.413 e. The molecule has 2 atom stereocenters. The van der Waals surface area contributed by atoms with E-state index in [0.29, 0.717) is 5.56 Å². The Morgan fingerprint density at radius 2 is 1.75 bits per heavy atom. The molecule has 1 N–H and O–H groups in total. The highest BCUT2D eigenvalue weighted by Gasteiger charge is 2.41. The van der Waals surface area contributed by atoms with E-state index < -0.39 is 24.2 Å². The molecule has 3 rings (SSSR count). The summed E-state index contributed by atoms with van der Waals surface area (Å²) in [5.74, 6) is -0.754. The fraction of sp³-hybridized carbons (Fsp3) is 0.222. The molecule has 0 unspecified atom stereocenters. The Balaban J connectivity index is 1.76. The van der Waals surface area contributed by atoms with Gasteiger partial charge in [-0.05, 0) is 11.1 Å². The lowest BCUT2D eigenvalue weighted by Gasteiger charge is -2.36. The number of ether oxygens (including phenoxy) is 2. The van der Waals surface area contributed by atoms with Gasteiger partial charge in [0.1, 0.15) is 12.6 Å². The number of rotatable bonds is 3. The van der Waals surface area contributed by atoms with Gasteiger partial charge in [0.25, 0.3) is 0 Å². The summed E-state index contributed by atoms with van der Waals surface area (Å²) in [5, 5.41) is 10.2. The molecule has 0 aromatic heterocycles. The van der Waals surface area contributed by atoms with E-state index in [1.54, 1.807) is 24.3 Å². The van der Waals surface area contributed by atoms with Crippen LogP contribution in [-0.4, -0.2) is 34.9 Å². The van der Waals surface area contributed by atoms with Crippen molar-refractivity contribution >= 4 is 12.1 Å². The number of cyclic esters (lactones) is 1. The molecule has 124 valence electrons. The van der Waals surface area contributed by atoms with Crippen LogP contribution in [0.3, 0.4) is 0 Å². The predicted octanol–water partition coefficient (Wildman–Crippen LogP) is 2.24. The van der Waals surface area contributed by atoms with Crippen molar-refractivity contribution in [3.8, 4) is 0 Å². The molecular formula is C18H17NO5. The monoisotopic (exact) mass is 327 g/mol. The van der Waals surface area contributed by atoms with Crippen LogP contribution in [0.25, 0.3) is 0 Å². The third kappa shape index (κ3) is 3.38. The smallest absolute Gasteiger partial charge is 0.413 e. The largest absolute Gasteiger partial charge is 0.444 e. The number of nitrogens with zero attached hydrogens (tertiary/aromatic N) is 1. The number of aliphatic hydroxyl groups is 1. The molecule has 1 aliphatic heterocycles. The quantitative estimate of drug-likeness (QED) is 0.875. The fourth-order valence-electron chi connectivity index (χ4n) is 2.58. The topological polar surface area (TPSA) is 76.1 Å². The van der Waals surface area contributed by atoms with Crippen LogP contribution in [0, 0.1) is 0 Å². The predicted molar refractivity (Wildman–Crippen MR) is 84.6 cm³/mol. The van der Waals surface area contributed by atoms with Gasteiger partial charge in [-0.15, -0.1) is 0 Å². The third-order valence-corrected chi connectivity index (χ3v) is 3.80. The van der Waals surface area contributed by atoms with Gasteiger partial charge in [-0.1, -0.05) is 60.7 Å². The Morgan fingerprint density at radius 3 is 2.42 bits per heavy atom. The van der Waals surface area contributed by atoms with Crippen LogP contribution in [0.2, 0.25) is 0 Å². The van der Waals surface area contributed by atoms with E-state index in [-0.39, 0.29) is 13.3 Å². The third-order valence-electron chi connectivity index (χ3n) is 3.80. The van der Waals surface area contributed by atoms with Crippen molar-refractivity contribution in [2.75, 3.05) is 6.73 Å². The Labute approximate surface area is 139 Å². The van der Waals surface area contributed by atoms with E-state index in [0.717, 1.165) is 5.56 Å². The van der Waals surface area contributed by atoms with Crippen LogP contribution in [-0.2, 0) is 20.9 Å². The van der Waals surface area contributed by atoms with E-state index >= 15 is 0 Å². The second kappa shape index (κ2) is 7.14. The number of benzene rings is 2. The molecule has 6 heteroatoms. The van der Waals surface area contributed by atoms with Gasteiger partial charge in [0.15, 0.2) is 12.8 Å². The van der Waals surface area contributed by atoms with Crippen molar-refractivity contribution in [3.05, 3.63) is 71.8 Å². The normalized spacial score (nSPS) is 20.4. The van der Waals surface area contributed by atoms with Crippen molar-refractivity contribution in [1.29, 1.82) is 0 Å². The lowest BCUT2D eigenvalue weighted by molar-refractivity contribution is -0.175. The highest BCUT2D eigenvalue weighted by atomic mass is 16.6. The van der Waals surface area contributed by atoms with Gasteiger partial charge in [0.2, 0.25) is 0 Å². The van der Waals surface area contributed by atoms with E-state index in [4.69, 9.17) is 9.47 Å². The SMILES string of the molecule is O=C1OCN(C(=O)OCc2ccccc2)[C@@H](c2ccccc2)[C@@H]1O. The summed E-state index contributed by atoms with van der Waals surface area (Å²) in [6, 6.07) is 17.3. The highest BCUT2D eigenvalue weighted by molar-refractivity contribution is 5.79. The number of hydrogen-bond acceptors (Lipinski definition) is 5. The van der Waals surface area contributed by atoms with Crippen molar-refractivity contribution in [1.82, 2.24) is 4.90 Å². The highest BCUT2D eigenvalue weighted by Crippen LogP contribution is 2.29. The summed E-state index contributed by atoms with van der Waals surface area (Å²) in [6.45, 7) is -0.162. The lowest BCUT2D eigenvalue weighted by Crippen LogP contribution is -2.50. The van der Waals surface area contributed by atoms with Gasteiger partial charge in [0, 0.05) is 0 Å². The van der Waals surface area contributed by atoms with Gasteiger partial charge in [-0.25, -0.2) is 9.59 Å². The number of esters is 1. The standard InChI is InChI=1S/C18H17NO5/c20-16-15(14-9-5-2-6-10-14)19(12-24-17(16)21)18(22)23-11-13-7-3-1-4-8-13/h1-10,15-16,20H,11-12H2/t15-,16-/m0/s1. The Kier molecular flexibility index (Phi) is 4.77. The number of aliphatic hydroxyl groups excluding tert-OH is 1. The molecule has 1 saturated heterocycles. The average Bonchev–Trinajstić information content (AvgIpc) is 2.63. The molecule has 1 amide bonds. The van der Waals surface area contributed by atoms with E-state index in [9.17, 15) is 14.7 Å². The van der Waals surface area contributed by atoms with Crippen LogP contribution in [0.5, 0.6) is 0 Å². The number of hydrogen-bond donors (Lipinski definition) is 1. The average molecular weight is 327 g/mol. The molecule has 0 radical (unpaired) electrons. The molecule has 0 spiro atoms. The zero-order valence-electron chi connectivity index (χ0n) is 12.9. The van der Waals surface area contributed by atoms with Gasteiger partial charge < -0.3 is 14.6 Å². The molecule has 6 nitrogen and oxygen atoms in total. The molecular weight excluding hydrogens is 310 g/mol. The van der Waals surface area contributed by atoms with Gasteiger partial charge in [-0.3, -0.25) is 4.90 Å². The van der Waals surface area contributed by atoms with Crippen LogP contribution < -0.4 is 0 Å². The second-order valence-electron chi connectivity index (χ2n) is 5.40. The Morgan fingerprint density at radius 1 is 1.12 bits per heavy atom. The van der Waals surface area contributed by atoms with Crippen molar-refractivity contribution < 1.29 is 24.2 Å². The summed E-state index contributed by atoms with van der Waals surface area (Å²) in [7, 11) is 0. The maximum atomic E-state index is 12.4. The first-order valence-electron chi connectivity index (χ1n) is 7.54. The maximum absolute atomic E-state index is 12.4. The number of carbonyl (C=O) groups is 2. The number of amides is 1. The Bertz CT molecular complexity index is 704. The zero-order chi connectivity index (χ0) is 16.9. The van der Waals surface area contributed by atoms with Crippen molar-refractivity contribution in [2.24, 2.45) is 0 Å². The van der Waals surface area contributed by atoms with Crippen molar-refractivity contribution in [2.45, 2.75) is 18.8 Å². The minimum absolute atomic E-state index is 0.0989. The summed E-state index contributed by atoms with van der Waals surface area (Å²) in [6.07, 6.45) is -2.11. The molecule has 2 aromatic rings. The minimum Gasteiger partial charge on any atom is -0.444 e. The van der Waals surface area contributed by atoms with Crippen LogP contribution in [0.15, 0.2) is 60.7 Å². The first-order chi connectivity index (χ1) is 11.7. The van der Waals surface area contributed by atoms with E-state index in [1.807, 2.05) is 36.4 Å². The first kappa shape index (κ1) is 16.0. The Hall–Kier alpha value is -2.86. The molecule has 1 fully saturated rings. The van der Waals surface area contributed by atoms with Crippen LogP contribution >= 0.6 is 0 Å². The first-order valence-corrected chi connectivity index (χ1v) is 7.54. The summed E-state index contributed by atoms with van der Waals surface area (Å²) < 4.78 is 10.2. The zero-order valence-corrected chi connectivity index (χ0v) is 12.9. The van der Waals surface area contributed by atoms with Gasteiger partial charge in [0.05, 0.1) is 0 Å². The summed E-state index contributed by atoms with van der Waals surface area (Å²) >= 11 is 0. The second-order valence-corrected chi connectivity index (χ2v) is 5.40. The van der Waals surface area contributed by atoms with Crippen molar-refractivity contribution in [3.63, 3.8) is 0 Å². The van der Waals surface area contributed by atoms with E-state index in [2.05, 4.69) is 0 Å². The lowest BCUT2D eigenvalue weighted by atomic mass is 9.99. The van der Waals surface area contributed by atoms with E-state index in [1.165, 1.54) is 4.90 Å². The molecule has 0 saturated carbocycles. The molecule has 1 aliphatic rings. The van der Waals surface area contributed by atoms with Crippen LogP contribution in [0.1, 0.15) is 17.2 Å². The molecule has 1 heterocycles. The molecule has 0 bridgehead atoms. The summed E-state index contributed by atoms with van der Waals surface area (Å²) in [5.41, 5.74) is 1.48. The molecule has 0 aliphatic carbocycles. The minimum atomic E-state index is -1.45. The summed E-state index contributed by atoms with van der Waals surface area (Å²) in [4.78, 5) is 25.3.